The van der Waals surface area contributed by atoms with Gasteiger partial charge in [-0.1, -0.05) is 31.2 Å². The van der Waals surface area contributed by atoms with E-state index in [9.17, 15) is 19.0 Å². The maximum absolute atomic E-state index is 14.3. The van der Waals surface area contributed by atoms with Gasteiger partial charge in [0, 0.05) is 5.56 Å². The summed E-state index contributed by atoms with van der Waals surface area (Å²) in [6.07, 6.45) is 1.00. The van der Waals surface area contributed by atoms with E-state index in [1.54, 1.807) is 24.3 Å². The molecular formula is C24H22F2O2. The number of halogens is 2. The fraction of sp³-hybridized carbons (Fsp3) is 0.250. The third kappa shape index (κ3) is 3.35. The molecule has 2 nitrogen and oxygen atoms in total. The second-order valence-corrected chi connectivity index (χ2v) is 7.66. The second-order valence-electron chi connectivity index (χ2n) is 7.66. The molecule has 0 amide bonds. The van der Waals surface area contributed by atoms with Gasteiger partial charge in [-0.15, -0.1) is 0 Å². The molecule has 3 aromatic rings. The average molecular weight is 380 g/mol. The number of aromatic hydroxyl groups is 2. The first kappa shape index (κ1) is 18.5. The Bertz CT molecular complexity index is 978. The van der Waals surface area contributed by atoms with Crippen molar-refractivity contribution in [3.63, 3.8) is 0 Å². The number of rotatable bonds is 3. The normalized spacial score (nSPS) is 21.3. The first-order chi connectivity index (χ1) is 13.4. The molecule has 144 valence electrons. The molecule has 4 heteroatoms. The van der Waals surface area contributed by atoms with Gasteiger partial charge < -0.3 is 10.2 Å². The Balaban J connectivity index is 1.78. The van der Waals surface area contributed by atoms with E-state index >= 15 is 0 Å². The van der Waals surface area contributed by atoms with Gasteiger partial charge in [-0.05, 0) is 83.7 Å². The maximum atomic E-state index is 14.3. The highest BCUT2D eigenvalue weighted by Gasteiger charge is 2.35. The van der Waals surface area contributed by atoms with Crippen LogP contribution in [0.25, 0.3) is 0 Å². The van der Waals surface area contributed by atoms with Gasteiger partial charge in [-0.2, -0.15) is 0 Å². The number of hydrogen-bond acceptors (Lipinski definition) is 2. The van der Waals surface area contributed by atoms with Gasteiger partial charge in [0.1, 0.15) is 23.1 Å². The van der Waals surface area contributed by atoms with Gasteiger partial charge in [-0.3, -0.25) is 0 Å². The Hall–Kier alpha value is -2.88. The van der Waals surface area contributed by atoms with Crippen LogP contribution in [-0.4, -0.2) is 10.2 Å². The van der Waals surface area contributed by atoms with Crippen molar-refractivity contribution in [1.29, 1.82) is 0 Å². The van der Waals surface area contributed by atoms with Gasteiger partial charge >= 0.3 is 0 Å². The number of hydrogen-bond donors (Lipinski definition) is 2. The number of benzene rings is 3. The minimum absolute atomic E-state index is 0.0833. The molecular weight excluding hydrogens is 358 g/mol. The van der Waals surface area contributed by atoms with Crippen LogP contribution >= 0.6 is 0 Å². The molecule has 28 heavy (non-hydrogen) atoms. The number of fused-ring (bicyclic) bond motifs is 1. The molecule has 2 N–H and O–H groups in total. The van der Waals surface area contributed by atoms with Crippen molar-refractivity contribution in [2.75, 3.05) is 0 Å². The van der Waals surface area contributed by atoms with Gasteiger partial charge in [0.15, 0.2) is 0 Å². The van der Waals surface area contributed by atoms with Crippen molar-refractivity contribution in [2.24, 2.45) is 5.92 Å². The molecule has 3 atom stereocenters. The van der Waals surface area contributed by atoms with Crippen LogP contribution in [0.2, 0.25) is 0 Å². The van der Waals surface area contributed by atoms with Crippen LogP contribution in [0.1, 0.15) is 41.0 Å². The molecule has 0 radical (unpaired) electrons. The predicted molar refractivity (Wildman–Crippen MR) is 105 cm³/mol. The zero-order chi connectivity index (χ0) is 19.8. The van der Waals surface area contributed by atoms with Gasteiger partial charge in [-0.25, -0.2) is 8.78 Å². The van der Waals surface area contributed by atoms with Crippen molar-refractivity contribution in [1.82, 2.24) is 0 Å². The standard InChI is InChI=1S/C24H22F2O2/c1-14-19(15-5-8-17(27)9-6-15)11-16-7-10-18(28)12-21(16)20(14)13-22-23(25)3-2-4-24(22)26/h2-10,12,14,19-20,27-28H,11,13H2,1H3/t14-,19-,20-/m1/s1. The van der Waals surface area contributed by atoms with Crippen LogP contribution in [0.4, 0.5) is 8.78 Å². The third-order valence-corrected chi connectivity index (χ3v) is 6.05. The molecule has 1 aliphatic carbocycles. The van der Waals surface area contributed by atoms with E-state index in [1.165, 1.54) is 18.2 Å². The van der Waals surface area contributed by atoms with E-state index in [1.807, 2.05) is 18.2 Å². The van der Waals surface area contributed by atoms with Crippen LogP contribution in [0.5, 0.6) is 11.5 Å². The van der Waals surface area contributed by atoms with Crippen molar-refractivity contribution in [2.45, 2.75) is 31.6 Å². The maximum Gasteiger partial charge on any atom is 0.129 e. The molecule has 3 aromatic carbocycles. The Morgan fingerprint density at radius 2 is 1.54 bits per heavy atom. The van der Waals surface area contributed by atoms with E-state index in [-0.39, 0.29) is 41.2 Å². The zero-order valence-electron chi connectivity index (χ0n) is 15.6. The van der Waals surface area contributed by atoms with Crippen LogP contribution < -0.4 is 0 Å². The van der Waals surface area contributed by atoms with Crippen molar-refractivity contribution in [3.05, 3.63) is 94.6 Å². The molecule has 1 aliphatic rings. The Morgan fingerprint density at radius 1 is 0.893 bits per heavy atom. The molecule has 4 rings (SSSR count). The lowest BCUT2D eigenvalue weighted by Crippen LogP contribution is -2.28. The van der Waals surface area contributed by atoms with E-state index in [0.29, 0.717) is 0 Å². The summed E-state index contributed by atoms with van der Waals surface area (Å²) in [5.41, 5.74) is 3.20. The molecule has 0 saturated heterocycles. The van der Waals surface area contributed by atoms with Gasteiger partial charge in [0.2, 0.25) is 0 Å². The lowest BCUT2D eigenvalue weighted by atomic mass is 9.66. The predicted octanol–water partition coefficient (Wildman–Crippen LogP) is 5.68. The van der Waals surface area contributed by atoms with Crippen LogP contribution in [-0.2, 0) is 12.8 Å². The lowest BCUT2D eigenvalue weighted by Gasteiger charge is -2.38. The molecule has 0 aliphatic heterocycles. The summed E-state index contributed by atoms with van der Waals surface area (Å²) in [4.78, 5) is 0. The SMILES string of the molecule is C[C@@H]1[C@H](c2ccc(O)cc2)Cc2ccc(O)cc2[C@@H]1Cc1c(F)cccc1F. The number of phenolic OH excluding ortho intramolecular Hbond substituents is 2. The second kappa shape index (κ2) is 7.27. The summed E-state index contributed by atoms with van der Waals surface area (Å²) in [6, 6.07) is 16.4. The topological polar surface area (TPSA) is 40.5 Å². The fourth-order valence-electron chi connectivity index (χ4n) is 4.49. The summed E-state index contributed by atoms with van der Waals surface area (Å²) in [5, 5.41) is 19.6. The Kier molecular flexibility index (Phi) is 4.80. The van der Waals surface area contributed by atoms with E-state index in [0.717, 1.165) is 23.1 Å². The third-order valence-electron chi connectivity index (χ3n) is 6.05. The molecule has 0 saturated carbocycles. The molecule has 0 spiro atoms. The highest BCUT2D eigenvalue weighted by atomic mass is 19.1. The minimum Gasteiger partial charge on any atom is -0.508 e. The minimum atomic E-state index is -0.541. The van der Waals surface area contributed by atoms with E-state index in [2.05, 4.69) is 6.92 Å². The Morgan fingerprint density at radius 3 is 2.21 bits per heavy atom. The summed E-state index contributed by atoms with van der Waals surface area (Å²) in [7, 11) is 0. The van der Waals surface area contributed by atoms with Crippen LogP contribution in [0.15, 0.2) is 60.7 Å². The smallest absolute Gasteiger partial charge is 0.129 e. The lowest BCUT2D eigenvalue weighted by molar-refractivity contribution is 0.341. The Labute approximate surface area is 163 Å². The largest absolute Gasteiger partial charge is 0.508 e. The summed E-state index contributed by atoms with van der Waals surface area (Å²) < 4.78 is 28.7. The molecule has 0 unspecified atom stereocenters. The fourth-order valence-corrected chi connectivity index (χ4v) is 4.49. The van der Waals surface area contributed by atoms with Crippen molar-refractivity contribution >= 4 is 0 Å². The first-order valence-corrected chi connectivity index (χ1v) is 9.47. The summed E-state index contributed by atoms with van der Waals surface area (Å²) in [5.74, 6) is -0.603. The van der Waals surface area contributed by atoms with E-state index < -0.39 is 11.6 Å². The van der Waals surface area contributed by atoms with Crippen molar-refractivity contribution < 1.29 is 19.0 Å². The summed E-state index contributed by atoms with van der Waals surface area (Å²) in [6.45, 7) is 2.09. The van der Waals surface area contributed by atoms with Gasteiger partial charge in [0.05, 0.1) is 0 Å². The zero-order valence-corrected chi connectivity index (χ0v) is 15.6. The molecule has 0 heterocycles. The van der Waals surface area contributed by atoms with Gasteiger partial charge in [0.25, 0.3) is 0 Å². The van der Waals surface area contributed by atoms with E-state index in [4.69, 9.17) is 0 Å². The highest BCUT2D eigenvalue weighted by molar-refractivity contribution is 5.44. The molecule has 0 fully saturated rings. The number of phenols is 2. The van der Waals surface area contributed by atoms with Crippen molar-refractivity contribution in [3.8, 4) is 11.5 Å². The quantitative estimate of drug-likeness (QED) is 0.614. The first-order valence-electron chi connectivity index (χ1n) is 9.47. The van der Waals surface area contributed by atoms with Crippen LogP contribution in [0.3, 0.4) is 0 Å². The molecule has 0 bridgehead atoms. The monoisotopic (exact) mass is 380 g/mol. The summed E-state index contributed by atoms with van der Waals surface area (Å²) >= 11 is 0. The molecule has 0 aromatic heterocycles. The van der Waals surface area contributed by atoms with Crippen LogP contribution in [0, 0.1) is 17.6 Å². The average Bonchev–Trinajstić information content (AvgIpc) is 2.67. The highest BCUT2D eigenvalue weighted by Crippen LogP contribution is 2.47.